The molecule has 0 atom stereocenters. The van der Waals surface area contributed by atoms with Gasteiger partial charge < -0.3 is 11.1 Å². The van der Waals surface area contributed by atoms with E-state index in [-0.39, 0.29) is 0 Å². The van der Waals surface area contributed by atoms with Crippen LogP contribution in [0.1, 0.15) is 0 Å². The fourth-order valence-electron chi connectivity index (χ4n) is 1.99. The van der Waals surface area contributed by atoms with Crippen LogP contribution >= 0.6 is 0 Å². The Morgan fingerprint density at radius 1 is 1.21 bits per heavy atom. The highest BCUT2D eigenvalue weighted by Crippen LogP contribution is 2.25. The van der Waals surface area contributed by atoms with Crippen molar-refractivity contribution in [2.24, 2.45) is 0 Å². The molecule has 0 spiro atoms. The lowest BCUT2D eigenvalue weighted by Crippen LogP contribution is -2.11. The van der Waals surface area contributed by atoms with Gasteiger partial charge in [0.2, 0.25) is 0 Å². The molecule has 0 unspecified atom stereocenters. The Morgan fingerprint density at radius 3 is 3.00 bits per heavy atom. The zero-order chi connectivity index (χ0) is 13.1. The molecular weight excluding hydrogens is 240 g/mol. The number of nitrogens with zero attached hydrogens (tertiary/aromatic N) is 4. The van der Waals surface area contributed by atoms with Crippen LogP contribution in [-0.2, 0) is 6.54 Å². The smallest absolute Gasteiger partial charge is 0.0953 e. The minimum atomic E-state index is 0.741. The first-order valence-corrected chi connectivity index (χ1v) is 6.06. The summed E-state index contributed by atoms with van der Waals surface area (Å²) in [5.41, 5.74) is 8.55. The third-order valence-corrected chi connectivity index (χ3v) is 2.93. The molecule has 96 valence electrons. The van der Waals surface area contributed by atoms with Gasteiger partial charge in [-0.3, -0.25) is 9.67 Å². The van der Waals surface area contributed by atoms with Crippen LogP contribution in [0.3, 0.4) is 0 Å². The largest absolute Gasteiger partial charge is 0.398 e. The van der Waals surface area contributed by atoms with Gasteiger partial charge in [0.15, 0.2) is 0 Å². The Hall–Kier alpha value is -2.63. The van der Waals surface area contributed by atoms with Crippen molar-refractivity contribution in [3.8, 4) is 0 Å². The normalized spacial score (nSPS) is 10.7. The van der Waals surface area contributed by atoms with Gasteiger partial charge in [0.05, 0.1) is 23.9 Å². The minimum absolute atomic E-state index is 0.741. The molecule has 2 heterocycles. The van der Waals surface area contributed by atoms with Gasteiger partial charge in [-0.25, -0.2) is 0 Å². The highest BCUT2D eigenvalue weighted by molar-refractivity contribution is 5.98. The fourth-order valence-corrected chi connectivity index (χ4v) is 1.99. The Labute approximate surface area is 110 Å². The van der Waals surface area contributed by atoms with E-state index in [1.807, 2.05) is 30.5 Å². The van der Waals surface area contributed by atoms with Gasteiger partial charge in [0.25, 0.3) is 0 Å². The minimum Gasteiger partial charge on any atom is -0.398 e. The molecule has 0 fully saturated rings. The number of benzene rings is 1. The second-order valence-corrected chi connectivity index (χ2v) is 4.19. The maximum absolute atomic E-state index is 5.94. The van der Waals surface area contributed by atoms with Gasteiger partial charge in [-0.2, -0.15) is 0 Å². The Bertz CT molecular complexity index is 677. The van der Waals surface area contributed by atoms with E-state index in [4.69, 9.17) is 5.73 Å². The van der Waals surface area contributed by atoms with Crippen molar-refractivity contribution in [2.75, 3.05) is 17.6 Å². The molecule has 0 radical (unpaired) electrons. The van der Waals surface area contributed by atoms with Gasteiger partial charge in [0, 0.05) is 30.0 Å². The van der Waals surface area contributed by atoms with Crippen LogP contribution in [0, 0.1) is 0 Å². The van der Waals surface area contributed by atoms with E-state index in [0.29, 0.717) is 0 Å². The number of nitrogen functional groups attached to an aromatic ring is 1. The lowest BCUT2D eigenvalue weighted by Gasteiger charge is -2.10. The van der Waals surface area contributed by atoms with Crippen molar-refractivity contribution in [1.29, 1.82) is 0 Å². The summed E-state index contributed by atoms with van der Waals surface area (Å²) < 4.78 is 1.78. The van der Waals surface area contributed by atoms with Crippen LogP contribution < -0.4 is 11.1 Å². The summed E-state index contributed by atoms with van der Waals surface area (Å²) in [6.07, 6.45) is 5.27. The van der Waals surface area contributed by atoms with Gasteiger partial charge in [-0.15, -0.1) is 5.10 Å². The third-order valence-electron chi connectivity index (χ3n) is 2.93. The van der Waals surface area contributed by atoms with Crippen molar-refractivity contribution in [2.45, 2.75) is 6.54 Å². The molecule has 6 nitrogen and oxygen atoms in total. The zero-order valence-corrected chi connectivity index (χ0v) is 10.3. The van der Waals surface area contributed by atoms with Gasteiger partial charge in [0.1, 0.15) is 0 Å². The second-order valence-electron chi connectivity index (χ2n) is 4.19. The molecule has 0 aliphatic heterocycles. The molecule has 0 saturated carbocycles. The molecule has 0 aliphatic carbocycles. The highest BCUT2D eigenvalue weighted by Gasteiger charge is 2.04. The molecule has 19 heavy (non-hydrogen) atoms. The monoisotopic (exact) mass is 254 g/mol. The molecule has 0 aliphatic rings. The predicted octanol–water partition coefficient (Wildman–Crippen LogP) is 1.52. The summed E-state index contributed by atoms with van der Waals surface area (Å²) in [7, 11) is 0. The quantitative estimate of drug-likeness (QED) is 0.690. The van der Waals surface area contributed by atoms with E-state index < -0.39 is 0 Å². The van der Waals surface area contributed by atoms with Crippen LogP contribution in [0.15, 0.2) is 42.9 Å². The van der Waals surface area contributed by atoms with Crippen LogP contribution in [0.25, 0.3) is 10.9 Å². The lowest BCUT2D eigenvalue weighted by atomic mass is 10.1. The SMILES string of the molecule is Nc1ccc(NCCn2ccnn2)c2ncccc12. The first-order valence-electron chi connectivity index (χ1n) is 6.06. The number of hydrogen-bond donors (Lipinski definition) is 2. The molecule has 3 aromatic rings. The van der Waals surface area contributed by atoms with Gasteiger partial charge >= 0.3 is 0 Å². The number of hydrogen-bond acceptors (Lipinski definition) is 5. The molecule has 0 saturated heterocycles. The Kier molecular flexibility index (Phi) is 2.97. The Balaban J connectivity index is 1.79. The van der Waals surface area contributed by atoms with Crippen LogP contribution in [0.4, 0.5) is 11.4 Å². The number of pyridine rings is 1. The number of anilines is 2. The molecule has 6 heteroatoms. The van der Waals surface area contributed by atoms with E-state index in [2.05, 4.69) is 20.6 Å². The maximum Gasteiger partial charge on any atom is 0.0953 e. The van der Waals surface area contributed by atoms with E-state index in [9.17, 15) is 0 Å². The molecule has 2 aromatic heterocycles. The van der Waals surface area contributed by atoms with E-state index in [1.165, 1.54) is 0 Å². The molecule has 0 amide bonds. The maximum atomic E-state index is 5.94. The van der Waals surface area contributed by atoms with E-state index >= 15 is 0 Å². The van der Waals surface area contributed by atoms with Crippen molar-refractivity contribution >= 4 is 22.3 Å². The standard InChI is InChI=1S/C13H14N6/c14-11-3-4-12(13-10(11)2-1-5-16-13)15-6-8-19-9-7-17-18-19/h1-5,7,9,15H,6,8,14H2. The van der Waals surface area contributed by atoms with Gasteiger partial charge in [-0.05, 0) is 24.3 Å². The average Bonchev–Trinajstić information content (AvgIpc) is 2.95. The topological polar surface area (TPSA) is 81.6 Å². The highest BCUT2D eigenvalue weighted by atomic mass is 15.4. The fraction of sp³-hybridized carbons (Fsp3) is 0.154. The summed E-state index contributed by atoms with van der Waals surface area (Å²) in [5, 5.41) is 12.0. The number of nitrogens with one attached hydrogen (secondary N) is 1. The van der Waals surface area contributed by atoms with Crippen molar-refractivity contribution in [1.82, 2.24) is 20.0 Å². The second kappa shape index (κ2) is 4.93. The summed E-state index contributed by atoms with van der Waals surface area (Å²) in [5.74, 6) is 0. The summed E-state index contributed by atoms with van der Waals surface area (Å²) >= 11 is 0. The number of nitrogens with two attached hydrogens (primary N) is 1. The van der Waals surface area contributed by atoms with Gasteiger partial charge in [-0.1, -0.05) is 5.21 Å². The van der Waals surface area contributed by atoms with Crippen LogP contribution in [0.2, 0.25) is 0 Å². The zero-order valence-electron chi connectivity index (χ0n) is 10.3. The lowest BCUT2D eigenvalue weighted by molar-refractivity contribution is 0.609. The van der Waals surface area contributed by atoms with Crippen molar-refractivity contribution in [3.63, 3.8) is 0 Å². The first-order chi connectivity index (χ1) is 9.34. The number of aromatic nitrogens is 4. The molecule has 3 N–H and O–H groups in total. The summed E-state index contributed by atoms with van der Waals surface area (Å²) in [6.45, 7) is 1.50. The summed E-state index contributed by atoms with van der Waals surface area (Å²) in [6, 6.07) is 7.70. The molecular formula is C13H14N6. The molecule has 0 bridgehead atoms. The third kappa shape index (κ3) is 2.33. The molecule has 1 aromatic carbocycles. The Morgan fingerprint density at radius 2 is 2.16 bits per heavy atom. The predicted molar refractivity (Wildman–Crippen MR) is 74.7 cm³/mol. The number of fused-ring (bicyclic) bond motifs is 1. The number of rotatable bonds is 4. The first kappa shape index (κ1) is 11.5. The summed E-state index contributed by atoms with van der Waals surface area (Å²) in [4.78, 5) is 4.38. The average molecular weight is 254 g/mol. The van der Waals surface area contributed by atoms with E-state index in [0.717, 1.165) is 35.4 Å². The van der Waals surface area contributed by atoms with E-state index in [1.54, 1.807) is 17.1 Å². The van der Waals surface area contributed by atoms with Crippen molar-refractivity contribution in [3.05, 3.63) is 42.9 Å². The van der Waals surface area contributed by atoms with Crippen LogP contribution in [-0.4, -0.2) is 26.5 Å². The molecule has 3 rings (SSSR count). The van der Waals surface area contributed by atoms with Crippen molar-refractivity contribution < 1.29 is 0 Å². The van der Waals surface area contributed by atoms with Crippen LogP contribution in [0.5, 0.6) is 0 Å².